The highest BCUT2D eigenvalue weighted by Gasteiger charge is 2.37. The van der Waals surface area contributed by atoms with Gasteiger partial charge in [-0.25, -0.2) is 0 Å². The van der Waals surface area contributed by atoms with Crippen LogP contribution in [0.4, 0.5) is 0 Å². The maximum Gasteiger partial charge on any atom is 0.235 e. The SMILES string of the molecule is C=C1C=C2SCCC2C(=O)N1C(C)C. The molecule has 0 aromatic carbocycles. The fraction of sp³-hybridized carbons (Fsp3) is 0.545. The van der Waals surface area contributed by atoms with Gasteiger partial charge < -0.3 is 4.90 Å². The lowest BCUT2D eigenvalue weighted by atomic mass is 9.98. The number of allylic oxidation sites excluding steroid dienone is 1. The molecule has 0 bridgehead atoms. The minimum absolute atomic E-state index is 0.132. The number of hydrogen-bond donors (Lipinski definition) is 0. The Morgan fingerprint density at radius 1 is 1.64 bits per heavy atom. The lowest BCUT2D eigenvalue weighted by Crippen LogP contribution is -2.41. The average molecular weight is 209 g/mol. The monoisotopic (exact) mass is 209 g/mol. The second kappa shape index (κ2) is 3.46. The molecule has 2 rings (SSSR count). The Hall–Kier alpha value is -0.700. The molecular formula is C11H15NOS. The summed E-state index contributed by atoms with van der Waals surface area (Å²) >= 11 is 1.80. The third-order valence-electron chi connectivity index (χ3n) is 2.69. The van der Waals surface area contributed by atoms with Crippen LogP contribution in [-0.4, -0.2) is 22.6 Å². The van der Waals surface area contributed by atoms with Crippen molar-refractivity contribution in [1.29, 1.82) is 0 Å². The van der Waals surface area contributed by atoms with Crippen LogP contribution in [0.25, 0.3) is 0 Å². The van der Waals surface area contributed by atoms with Gasteiger partial charge in [0.1, 0.15) is 0 Å². The van der Waals surface area contributed by atoms with Crippen LogP contribution >= 0.6 is 11.8 Å². The maximum atomic E-state index is 12.1. The van der Waals surface area contributed by atoms with E-state index < -0.39 is 0 Å². The number of rotatable bonds is 1. The summed E-state index contributed by atoms with van der Waals surface area (Å²) in [7, 11) is 0. The van der Waals surface area contributed by atoms with Gasteiger partial charge in [0.05, 0.1) is 5.92 Å². The van der Waals surface area contributed by atoms with Crippen LogP contribution < -0.4 is 0 Å². The van der Waals surface area contributed by atoms with Crippen LogP contribution in [0.3, 0.4) is 0 Å². The zero-order valence-electron chi connectivity index (χ0n) is 8.62. The molecule has 0 aliphatic carbocycles. The van der Waals surface area contributed by atoms with Crippen LogP contribution in [-0.2, 0) is 4.79 Å². The molecule has 1 amide bonds. The third-order valence-corrected chi connectivity index (χ3v) is 3.86. The van der Waals surface area contributed by atoms with Crippen molar-refractivity contribution in [3.05, 3.63) is 23.3 Å². The summed E-state index contributed by atoms with van der Waals surface area (Å²) < 4.78 is 0. The molecule has 0 radical (unpaired) electrons. The number of amides is 1. The van der Waals surface area contributed by atoms with Crippen molar-refractivity contribution < 1.29 is 4.79 Å². The van der Waals surface area contributed by atoms with Crippen LogP contribution in [0.2, 0.25) is 0 Å². The topological polar surface area (TPSA) is 20.3 Å². The first-order valence-corrected chi connectivity index (χ1v) is 5.96. The van der Waals surface area contributed by atoms with Crippen molar-refractivity contribution in [3.63, 3.8) is 0 Å². The molecule has 0 N–H and O–H groups in total. The van der Waals surface area contributed by atoms with E-state index >= 15 is 0 Å². The maximum absolute atomic E-state index is 12.1. The normalized spacial score (nSPS) is 26.9. The minimum Gasteiger partial charge on any atom is -0.310 e. The van der Waals surface area contributed by atoms with Gasteiger partial charge in [-0.2, -0.15) is 0 Å². The van der Waals surface area contributed by atoms with E-state index in [4.69, 9.17) is 0 Å². The molecule has 1 saturated heterocycles. The van der Waals surface area contributed by atoms with Gasteiger partial charge in [0.2, 0.25) is 5.91 Å². The van der Waals surface area contributed by atoms with Crippen molar-refractivity contribution in [2.45, 2.75) is 26.3 Å². The third kappa shape index (κ3) is 1.40. The quantitative estimate of drug-likeness (QED) is 0.661. The Kier molecular flexibility index (Phi) is 2.43. The molecule has 1 fully saturated rings. The van der Waals surface area contributed by atoms with Gasteiger partial charge >= 0.3 is 0 Å². The fourth-order valence-corrected chi connectivity index (χ4v) is 3.28. The number of thioether (sulfide) groups is 1. The van der Waals surface area contributed by atoms with E-state index in [0.717, 1.165) is 17.9 Å². The second-order valence-electron chi connectivity index (χ2n) is 4.03. The van der Waals surface area contributed by atoms with E-state index in [1.807, 2.05) is 18.7 Å². The number of carbonyl (C=O) groups is 1. The predicted octanol–water partition coefficient (Wildman–Crippen LogP) is 2.39. The van der Waals surface area contributed by atoms with Gasteiger partial charge in [0, 0.05) is 11.7 Å². The van der Waals surface area contributed by atoms with E-state index in [-0.39, 0.29) is 17.9 Å². The zero-order valence-corrected chi connectivity index (χ0v) is 9.43. The van der Waals surface area contributed by atoms with Crippen LogP contribution in [0, 0.1) is 5.92 Å². The van der Waals surface area contributed by atoms with E-state index in [9.17, 15) is 4.79 Å². The molecule has 2 heterocycles. The Bertz CT molecular complexity index is 319. The first kappa shape index (κ1) is 9.84. The summed E-state index contributed by atoms with van der Waals surface area (Å²) in [6, 6.07) is 0.221. The molecule has 76 valence electrons. The second-order valence-corrected chi connectivity index (χ2v) is 5.20. The standard InChI is InChI=1S/C11H15NOS/c1-7(2)12-8(3)6-10-9(11(12)13)4-5-14-10/h6-7,9H,3-5H2,1-2H3. The number of carbonyl (C=O) groups excluding carboxylic acids is 1. The zero-order chi connectivity index (χ0) is 10.3. The van der Waals surface area contributed by atoms with Gasteiger partial charge in [0.25, 0.3) is 0 Å². The van der Waals surface area contributed by atoms with Crippen molar-refractivity contribution in [1.82, 2.24) is 4.90 Å². The summed E-state index contributed by atoms with van der Waals surface area (Å²) in [5.74, 6) is 1.45. The van der Waals surface area contributed by atoms with Crippen LogP contribution in [0.1, 0.15) is 20.3 Å². The van der Waals surface area contributed by atoms with Crippen molar-refractivity contribution in [2.75, 3.05) is 5.75 Å². The highest BCUT2D eigenvalue weighted by atomic mass is 32.2. The molecule has 2 aliphatic heterocycles. The van der Waals surface area contributed by atoms with Gasteiger partial charge in [-0.15, -0.1) is 11.8 Å². The largest absolute Gasteiger partial charge is 0.310 e. The molecule has 14 heavy (non-hydrogen) atoms. The van der Waals surface area contributed by atoms with Gasteiger partial charge in [-0.1, -0.05) is 6.58 Å². The van der Waals surface area contributed by atoms with Crippen LogP contribution in [0.5, 0.6) is 0 Å². The number of fused-ring (bicyclic) bond motifs is 1. The first-order chi connectivity index (χ1) is 6.61. The Balaban J connectivity index is 2.34. The van der Waals surface area contributed by atoms with E-state index in [1.165, 1.54) is 4.91 Å². The summed E-state index contributed by atoms with van der Waals surface area (Å²) in [4.78, 5) is 15.1. The molecule has 0 aromatic heterocycles. The highest BCUT2D eigenvalue weighted by Crippen LogP contribution is 2.41. The predicted molar refractivity (Wildman–Crippen MR) is 59.8 cm³/mol. The van der Waals surface area contributed by atoms with Gasteiger partial charge in [-0.3, -0.25) is 4.79 Å². The number of hydrogen-bond acceptors (Lipinski definition) is 2. The summed E-state index contributed by atoms with van der Waals surface area (Å²) in [5, 5.41) is 0. The smallest absolute Gasteiger partial charge is 0.235 e. The lowest BCUT2D eigenvalue weighted by molar-refractivity contribution is -0.133. The lowest BCUT2D eigenvalue weighted by Gasteiger charge is -2.33. The molecule has 3 heteroatoms. The van der Waals surface area contributed by atoms with Crippen molar-refractivity contribution >= 4 is 17.7 Å². The molecule has 0 spiro atoms. The Labute approximate surface area is 89.0 Å². The van der Waals surface area contributed by atoms with E-state index in [2.05, 4.69) is 12.7 Å². The van der Waals surface area contributed by atoms with E-state index in [1.54, 1.807) is 11.8 Å². The van der Waals surface area contributed by atoms with Crippen LogP contribution in [0.15, 0.2) is 23.3 Å². The van der Waals surface area contributed by atoms with Gasteiger partial charge in [-0.05, 0) is 37.0 Å². The number of nitrogens with zero attached hydrogens (tertiary/aromatic N) is 1. The summed E-state index contributed by atoms with van der Waals surface area (Å²) in [6.07, 6.45) is 3.07. The molecular weight excluding hydrogens is 194 g/mol. The first-order valence-electron chi connectivity index (χ1n) is 4.97. The van der Waals surface area contributed by atoms with Crippen molar-refractivity contribution in [2.24, 2.45) is 5.92 Å². The average Bonchev–Trinajstić information content (AvgIpc) is 2.50. The summed E-state index contributed by atoms with van der Waals surface area (Å²) in [6.45, 7) is 8.01. The van der Waals surface area contributed by atoms with E-state index in [0.29, 0.717) is 0 Å². The van der Waals surface area contributed by atoms with Crippen molar-refractivity contribution in [3.8, 4) is 0 Å². The summed E-state index contributed by atoms with van der Waals surface area (Å²) in [5.41, 5.74) is 0.852. The molecule has 1 unspecified atom stereocenters. The Morgan fingerprint density at radius 3 is 3.00 bits per heavy atom. The molecule has 2 aliphatic rings. The molecule has 1 atom stereocenters. The minimum atomic E-state index is 0.132. The molecule has 0 saturated carbocycles. The van der Waals surface area contributed by atoms with Gasteiger partial charge in [0.15, 0.2) is 0 Å². The molecule has 0 aromatic rings. The Morgan fingerprint density at radius 2 is 2.36 bits per heavy atom. The highest BCUT2D eigenvalue weighted by molar-refractivity contribution is 8.03. The molecule has 2 nitrogen and oxygen atoms in total. The fourth-order valence-electron chi connectivity index (χ4n) is 2.05.